The number of aromatic nitrogens is 2. The van der Waals surface area contributed by atoms with Crippen molar-refractivity contribution in [2.75, 3.05) is 0 Å². The maximum absolute atomic E-state index is 8.96. The number of rotatable bonds is 6. The smallest absolute Gasteiger partial charge is 0.0365 e. The molecule has 0 fully saturated rings. The summed E-state index contributed by atoms with van der Waals surface area (Å²) < 4.78 is 21.9. The maximum atomic E-state index is 8.96. The van der Waals surface area contributed by atoms with E-state index in [1.54, 1.807) is 23.6 Å². The van der Waals surface area contributed by atoms with Crippen LogP contribution in [-0.2, 0) is 26.5 Å². The summed E-state index contributed by atoms with van der Waals surface area (Å²) in [7, 11) is -1.60. The molecule has 0 spiro atoms. The summed E-state index contributed by atoms with van der Waals surface area (Å²) >= 11 is 0.0117. The molecule has 0 amide bonds. The number of benzene rings is 4. The minimum Gasteiger partial charge on any atom is -0.305 e. The largest absolute Gasteiger partial charge is 0.305 e. The fourth-order valence-corrected chi connectivity index (χ4v) is 12.9. The van der Waals surface area contributed by atoms with Gasteiger partial charge in [0.2, 0.25) is 0 Å². The second-order valence-corrected chi connectivity index (χ2v) is 31.6. The minimum atomic E-state index is -1.77. The van der Waals surface area contributed by atoms with Gasteiger partial charge in [-0.15, -0.1) is 22.9 Å². The fourth-order valence-electron chi connectivity index (χ4n) is 6.45. The molecule has 6 heteroatoms. The Morgan fingerprint density at radius 1 is 0.800 bits per heavy atom. The molecule has 0 aliphatic rings. The summed E-state index contributed by atoms with van der Waals surface area (Å²) in [6, 6.07) is 37.4. The quantitative estimate of drug-likeness (QED) is 0.123. The van der Waals surface area contributed by atoms with E-state index in [0.29, 0.717) is 11.1 Å². The maximum Gasteiger partial charge on any atom is 0.0365 e. The van der Waals surface area contributed by atoms with Crippen LogP contribution in [0.15, 0.2) is 103 Å². The van der Waals surface area contributed by atoms with Crippen LogP contribution in [0.25, 0.3) is 42.7 Å². The van der Waals surface area contributed by atoms with E-state index >= 15 is 0 Å². The topological polar surface area (TPSA) is 25.8 Å². The molecule has 0 saturated carbocycles. The van der Waals surface area contributed by atoms with Gasteiger partial charge in [-0.25, -0.2) is 0 Å². The van der Waals surface area contributed by atoms with Gasteiger partial charge in [0, 0.05) is 41.8 Å². The second-order valence-electron chi connectivity index (χ2n) is 15.0. The Kier molecular flexibility index (Phi) is 11.0. The first kappa shape index (κ1) is 35.2. The zero-order valence-corrected chi connectivity index (χ0v) is 36.8. The SMILES string of the molecule is Cc1cc(-c2[c-]cccc2)nc[c]1[Ge]([CH3])([CH3])[CH3].[2H]C([2H])(c1cc(C)cc(C)c1)c1ccnc(-c2[c-]cc([Si](C)(C)C)c3c2sc2ccccc23)c1.[Ir]. The van der Waals surface area contributed by atoms with Crippen molar-refractivity contribution in [3.05, 3.63) is 143 Å². The van der Waals surface area contributed by atoms with Crippen LogP contribution in [0, 0.1) is 32.9 Å². The van der Waals surface area contributed by atoms with Gasteiger partial charge in [0.1, 0.15) is 0 Å². The van der Waals surface area contributed by atoms with Gasteiger partial charge in [-0.05, 0) is 59.3 Å². The predicted octanol–water partition coefficient (Wildman–Crippen LogP) is 11.1. The van der Waals surface area contributed by atoms with Crippen molar-refractivity contribution in [2.45, 2.75) is 64.1 Å². The van der Waals surface area contributed by atoms with Gasteiger partial charge >= 0.3 is 106 Å². The summed E-state index contributed by atoms with van der Waals surface area (Å²) in [5.74, 6) is 7.20. The van der Waals surface area contributed by atoms with Crippen LogP contribution >= 0.6 is 11.3 Å². The van der Waals surface area contributed by atoms with Crippen LogP contribution in [-0.4, -0.2) is 31.3 Å². The molecule has 4 aromatic carbocycles. The van der Waals surface area contributed by atoms with Crippen molar-refractivity contribution < 1.29 is 22.8 Å². The number of fused-ring (bicyclic) bond motifs is 3. The first-order valence-electron chi connectivity index (χ1n) is 17.9. The molecule has 0 aliphatic heterocycles. The molecule has 3 aromatic heterocycles. The molecule has 0 saturated heterocycles. The van der Waals surface area contributed by atoms with Gasteiger partial charge in [-0.1, -0.05) is 78.6 Å². The molecule has 7 rings (SSSR count). The van der Waals surface area contributed by atoms with E-state index < -0.39 is 27.7 Å². The second kappa shape index (κ2) is 15.6. The molecule has 257 valence electrons. The van der Waals surface area contributed by atoms with E-state index in [4.69, 9.17) is 2.74 Å². The number of pyridine rings is 2. The van der Waals surface area contributed by atoms with E-state index in [1.165, 1.54) is 35.3 Å². The molecule has 0 unspecified atom stereocenters. The Balaban J connectivity index is 0.000000245. The van der Waals surface area contributed by atoms with Crippen molar-refractivity contribution >= 4 is 62.4 Å². The van der Waals surface area contributed by atoms with Gasteiger partial charge in [-0.2, -0.15) is 11.3 Å². The first-order valence-corrected chi connectivity index (χ1v) is 28.6. The van der Waals surface area contributed by atoms with Crippen molar-refractivity contribution in [2.24, 2.45) is 0 Å². The summed E-state index contributed by atoms with van der Waals surface area (Å²) in [4.78, 5) is 9.28. The minimum absolute atomic E-state index is 0. The van der Waals surface area contributed by atoms with Crippen LogP contribution < -0.4 is 9.58 Å². The zero-order valence-electron chi connectivity index (χ0n) is 32.5. The van der Waals surface area contributed by atoms with Crippen molar-refractivity contribution in [1.82, 2.24) is 9.97 Å². The van der Waals surface area contributed by atoms with E-state index in [-0.39, 0.29) is 20.1 Å². The van der Waals surface area contributed by atoms with Crippen LogP contribution in [0.4, 0.5) is 0 Å². The summed E-state index contributed by atoms with van der Waals surface area (Å²) in [6.45, 7) is 13.3. The number of hydrogen-bond donors (Lipinski definition) is 0. The van der Waals surface area contributed by atoms with Crippen LogP contribution in [0.1, 0.15) is 30.6 Å². The Hall–Kier alpha value is -3.19. The average Bonchev–Trinajstić information content (AvgIpc) is 3.47. The normalized spacial score (nSPS) is 12.5. The molecule has 7 aromatic rings. The van der Waals surface area contributed by atoms with E-state index in [9.17, 15) is 0 Å². The van der Waals surface area contributed by atoms with Crippen LogP contribution in [0.5, 0.6) is 0 Å². The molecule has 0 aliphatic carbocycles. The Labute approximate surface area is 323 Å². The first-order chi connectivity index (χ1) is 24.0. The van der Waals surface area contributed by atoms with Gasteiger partial charge < -0.3 is 4.98 Å². The summed E-state index contributed by atoms with van der Waals surface area (Å²) in [6.07, 6.45) is 2.18. The Morgan fingerprint density at radius 2 is 1.52 bits per heavy atom. The molecule has 0 bridgehead atoms. The zero-order chi connectivity index (χ0) is 36.7. The third-order valence-electron chi connectivity index (χ3n) is 8.69. The van der Waals surface area contributed by atoms with E-state index in [1.807, 2.05) is 50.2 Å². The molecular weight excluding hydrogens is 881 g/mol. The van der Waals surface area contributed by atoms with Gasteiger partial charge in [0.25, 0.3) is 0 Å². The Morgan fingerprint density at radius 3 is 2.18 bits per heavy atom. The van der Waals surface area contributed by atoms with E-state index in [2.05, 4.69) is 121 Å². The predicted molar refractivity (Wildman–Crippen MR) is 219 cm³/mol. The van der Waals surface area contributed by atoms with Crippen molar-refractivity contribution in [3.8, 4) is 22.5 Å². The number of nitrogens with zero attached hydrogens (tertiary/aromatic N) is 2. The molecule has 0 N–H and O–H groups in total. The third-order valence-corrected chi connectivity index (χ3v) is 16.4. The monoisotopic (exact) mass is 931 g/mol. The summed E-state index contributed by atoms with van der Waals surface area (Å²) in [5, 5.41) is 4.01. The van der Waals surface area contributed by atoms with Gasteiger partial charge in [-0.3, -0.25) is 0 Å². The average molecular weight is 930 g/mol. The molecular formula is C44H46GeIrN2SSi-2. The summed E-state index contributed by atoms with van der Waals surface area (Å²) in [5.41, 5.74) is 8.61. The number of hydrogen-bond acceptors (Lipinski definition) is 3. The van der Waals surface area contributed by atoms with Gasteiger partial charge in [0.05, 0.1) is 0 Å². The van der Waals surface area contributed by atoms with E-state index in [0.717, 1.165) is 33.6 Å². The Bertz CT molecular complexity index is 2340. The third kappa shape index (κ3) is 8.63. The van der Waals surface area contributed by atoms with Crippen molar-refractivity contribution in [1.29, 1.82) is 0 Å². The molecule has 3 heterocycles. The molecule has 1 radical (unpaired) electrons. The van der Waals surface area contributed by atoms with Gasteiger partial charge in [0.15, 0.2) is 0 Å². The van der Waals surface area contributed by atoms with Crippen molar-refractivity contribution in [3.63, 3.8) is 0 Å². The fraction of sp³-hybridized carbons (Fsp3) is 0.227. The number of thiophene rings is 1. The molecule has 0 atom stereocenters. The number of aryl methyl sites for hydroxylation is 3. The standard InChI is InChI=1S/C29H28NSSi.C15H18GeN.Ir/c1-19-14-20(2)16-22(15-19)17-21-12-13-30-25(18-21)23-10-11-27(32(3,4)5)28-24-8-6-7-9-26(24)31-29(23)28;1-12-10-15(13-8-6-5-7-9-13)17-11-14(12)16(2,3)4;/h6-9,11-16,18H,17H2,1-5H3;5-8,10-11H,1-4H3;/q2*-1;/i17D2;;. The molecule has 2 nitrogen and oxygen atoms in total. The van der Waals surface area contributed by atoms with Crippen LogP contribution in [0.2, 0.25) is 36.9 Å². The van der Waals surface area contributed by atoms with Crippen LogP contribution in [0.3, 0.4) is 0 Å². The molecule has 50 heavy (non-hydrogen) atoms.